The molecule has 1 aromatic heterocycles. The molecule has 0 bridgehead atoms. The molecule has 0 spiro atoms. The molecule has 0 N–H and O–H groups in total. The minimum Gasteiger partial charge on any atom is -0.339 e. The van der Waals surface area contributed by atoms with E-state index in [1.54, 1.807) is 33.4 Å². The van der Waals surface area contributed by atoms with E-state index in [9.17, 15) is 14.4 Å². The van der Waals surface area contributed by atoms with Crippen molar-refractivity contribution in [3.05, 3.63) is 101 Å². The molecular weight excluding hydrogens is 570 g/mol. The third-order valence-corrected chi connectivity index (χ3v) is 9.91. The first-order chi connectivity index (χ1) is 21.2. The van der Waals surface area contributed by atoms with Gasteiger partial charge in [-0.2, -0.15) is 5.10 Å². The molecule has 1 unspecified atom stereocenters. The first-order valence-corrected chi connectivity index (χ1v) is 16.0. The first kappa shape index (κ1) is 29.7. The summed E-state index contributed by atoms with van der Waals surface area (Å²) in [5.41, 5.74) is 7.95. The normalized spacial score (nSPS) is 17.0. The van der Waals surface area contributed by atoms with Gasteiger partial charge in [-0.05, 0) is 43.5 Å². The predicted molar refractivity (Wildman–Crippen MR) is 175 cm³/mol. The smallest absolute Gasteiger partial charge is 0.242 e. The van der Waals surface area contributed by atoms with Crippen molar-refractivity contribution < 1.29 is 14.4 Å². The third-order valence-electron chi connectivity index (χ3n) is 8.66. The van der Waals surface area contributed by atoms with Gasteiger partial charge in [-0.15, -0.1) is 11.8 Å². The molecule has 4 aromatic rings. The summed E-state index contributed by atoms with van der Waals surface area (Å²) in [5, 5.41) is 5.07. The van der Waals surface area contributed by atoms with Gasteiger partial charge in [0.1, 0.15) is 12.4 Å². The molecule has 3 amide bonds. The zero-order valence-electron chi connectivity index (χ0n) is 25.6. The van der Waals surface area contributed by atoms with E-state index in [1.165, 1.54) is 0 Å². The van der Waals surface area contributed by atoms with Crippen molar-refractivity contribution in [3.8, 4) is 16.9 Å². The average Bonchev–Trinajstić information content (AvgIpc) is 3.34. The maximum Gasteiger partial charge on any atom is 0.242 e. The second-order valence-corrected chi connectivity index (χ2v) is 12.6. The predicted octanol–water partition coefficient (Wildman–Crippen LogP) is 5.32. The van der Waals surface area contributed by atoms with Crippen LogP contribution in [0.1, 0.15) is 40.0 Å². The number of aromatic nitrogens is 2. The monoisotopic (exact) mass is 607 g/mol. The number of anilines is 1. The molecule has 2 aliphatic rings. The lowest BCUT2D eigenvalue weighted by Crippen LogP contribution is -2.53. The van der Waals surface area contributed by atoms with E-state index >= 15 is 0 Å². The molecule has 0 aliphatic carbocycles. The Hall–Kier alpha value is -4.37. The third kappa shape index (κ3) is 5.64. The topological polar surface area (TPSA) is 78.8 Å². The molecule has 0 radical (unpaired) electrons. The first-order valence-electron chi connectivity index (χ1n) is 15.0. The molecule has 6 rings (SSSR count). The maximum absolute atomic E-state index is 14.1. The lowest BCUT2D eigenvalue weighted by molar-refractivity contribution is -0.137. The lowest BCUT2D eigenvalue weighted by Gasteiger charge is -2.35. The van der Waals surface area contributed by atoms with Crippen LogP contribution in [-0.2, 0) is 14.4 Å². The second-order valence-electron chi connectivity index (χ2n) is 11.6. The number of fused-ring (bicyclic) bond motifs is 1. The summed E-state index contributed by atoms with van der Waals surface area (Å²) in [7, 11) is 0. The SMILES string of the molecule is CC(=O)N1CCN(C(=O)CN2C(=O)CSC(c3cccc(C)c3)c3c(-c4ccccc4)nn(-c4cccc(C)c4C)c32)CC1. The lowest BCUT2D eigenvalue weighted by atomic mass is 9.98. The molecule has 0 saturated carbocycles. The highest BCUT2D eigenvalue weighted by atomic mass is 32.2. The number of thioether (sulfide) groups is 1. The summed E-state index contributed by atoms with van der Waals surface area (Å²) in [6, 6.07) is 24.6. The van der Waals surface area contributed by atoms with Crippen molar-refractivity contribution >= 4 is 35.3 Å². The van der Waals surface area contributed by atoms with Gasteiger partial charge < -0.3 is 9.80 Å². The molecule has 1 saturated heterocycles. The van der Waals surface area contributed by atoms with Crippen molar-refractivity contribution in [2.45, 2.75) is 32.9 Å². The second kappa shape index (κ2) is 12.3. The van der Waals surface area contributed by atoms with Crippen LogP contribution in [-0.4, -0.2) is 75.8 Å². The quantitative estimate of drug-likeness (QED) is 0.307. The molecular formula is C35H37N5O3S. The molecule has 2 aliphatic heterocycles. The van der Waals surface area contributed by atoms with Crippen molar-refractivity contribution in [3.63, 3.8) is 0 Å². The van der Waals surface area contributed by atoms with Crippen LogP contribution in [0.4, 0.5) is 5.82 Å². The van der Waals surface area contributed by atoms with Gasteiger partial charge in [0.15, 0.2) is 0 Å². The molecule has 8 nitrogen and oxygen atoms in total. The number of nitrogens with zero attached hydrogens (tertiary/aromatic N) is 5. The van der Waals surface area contributed by atoms with Crippen LogP contribution in [0.15, 0.2) is 72.8 Å². The van der Waals surface area contributed by atoms with Crippen LogP contribution in [0, 0.1) is 20.8 Å². The van der Waals surface area contributed by atoms with Crippen LogP contribution >= 0.6 is 11.8 Å². The van der Waals surface area contributed by atoms with Crippen molar-refractivity contribution in [1.82, 2.24) is 19.6 Å². The van der Waals surface area contributed by atoms with Crippen LogP contribution in [0.2, 0.25) is 0 Å². The van der Waals surface area contributed by atoms with E-state index in [1.807, 2.05) is 47.1 Å². The Morgan fingerprint density at radius 1 is 0.886 bits per heavy atom. The van der Waals surface area contributed by atoms with Crippen molar-refractivity contribution in [2.24, 2.45) is 0 Å². The number of carbonyl (C=O) groups is 3. The fourth-order valence-corrected chi connectivity index (χ4v) is 7.25. The van der Waals surface area contributed by atoms with Crippen LogP contribution in [0.3, 0.4) is 0 Å². The number of amides is 3. The number of hydrogen-bond donors (Lipinski definition) is 0. The van der Waals surface area contributed by atoms with Gasteiger partial charge in [0.05, 0.1) is 22.4 Å². The summed E-state index contributed by atoms with van der Waals surface area (Å²) >= 11 is 1.58. The molecule has 1 fully saturated rings. The molecule has 3 heterocycles. The van der Waals surface area contributed by atoms with Gasteiger partial charge >= 0.3 is 0 Å². The highest BCUT2D eigenvalue weighted by Crippen LogP contribution is 2.49. The molecule has 9 heteroatoms. The molecule has 44 heavy (non-hydrogen) atoms. The van der Waals surface area contributed by atoms with Crippen molar-refractivity contribution in [1.29, 1.82) is 0 Å². The summed E-state index contributed by atoms with van der Waals surface area (Å²) < 4.78 is 1.88. The van der Waals surface area contributed by atoms with Gasteiger partial charge in [0.2, 0.25) is 17.7 Å². The van der Waals surface area contributed by atoms with Gasteiger partial charge in [-0.3, -0.25) is 19.3 Å². The fourth-order valence-electron chi connectivity index (χ4n) is 6.06. The molecule has 226 valence electrons. The zero-order valence-corrected chi connectivity index (χ0v) is 26.4. The minimum atomic E-state index is -0.179. The van der Waals surface area contributed by atoms with E-state index in [2.05, 4.69) is 51.1 Å². The maximum atomic E-state index is 14.1. The zero-order chi connectivity index (χ0) is 31.0. The minimum absolute atomic E-state index is 0.00881. The van der Waals surface area contributed by atoms with E-state index in [0.29, 0.717) is 32.0 Å². The van der Waals surface area contributed by atoms with E-state index in [-0.39, 0.29) is 35.3 Å². The van der Waals surface area contributed by atoms with Crippen LogP contribution in [0.5, 0.6) is 0 Å². The molecule has 1 atom stereocenters. The number of aryl methyl sites for hydroxylation is 2. The summed E-state index contributed by atoms with van der Waals surface area (Å²) in [6.07, 6.45) is 0. The summed E-state index contributed by atoms with van der Waals surface area (Å²) in [5.74, 6) is 0.596. The number of carbonyl (C=O) groups excluding carboxylic acids is 3. The summed E-state index contributed by atoms with van der Waals surface area (Å²) in [4.78, 5) is 45.0. The Bertz CT molecular complexity index is 1730. The average molecular weight is 608 g/mol. The van der Waals surface area contributed by atoms with Crippen LogP contribution in [0.25, 0.3) is 16.9 Å². The fraction of sp³-hybridized carbons (Fsp3) is 0.314. The van der Waals surface area contributed by atoms with E-state index in [4.69, 9.17) is 5.10 Å². The largest absolute Gasteiger partial charge is 0.339 e. The van der Waals surface area contributed by atoms with Crippen LogP contribution < -0.4 is 4.90 Å². The van der Waals surface area contributed by atoms with E-state index in [0.717, 1.165) is 44.8 Å². The molecule has 3 aromatic carbocycles. The Morgan fingerprint density at radius 2 is 1.59 bits per heavy atom. The van der Waals surface area contributed by atoms with Gasteiger partial charge in [-0.1, -0.05) is 72.3 Å². The number of hydrogen-bond acceptors (Lipinski definition) is 5. The highest BCUT2D eigenvalue weighted by molar-refractivity contribution is 8.00. The Labute approximate surface area is 262 Å². The van der Waals surface area contributed by atoms with Gasteiger partial charge in [-0.25, -0.2) is 4.68 Å². The Balaban J connectivity index is 1.54. The number of rotatable bonds is 5. The Morgan fingerprint density at radius 3 is 2.30 bits per heavy atom. The number of piperazine rings is 1. The Kier molecular flexibility index (Phi) is 8.31. The highest BCUT2D eigenvalue weighted by Gasteiger charge is 2.38. The number of benzene rings is 3. The standard InChI is InChI=1S/C35H37N5O3S/c1-23-10-8-14-28(20-23)34-32-33(27-12-6-5-7-13-27)36-40(29-15-9-11-24(2)25(29)3)35(32)39(31(43)22-44-34)21-30(42)38-18-16-37(17-19-38)26(4)41/h5-15,20,34H,16-19,21-22H2,1-4H3. The summed E-state index contributed by atoms with van der Waals surface area (Å²) in [6.45, 7) is 9.53. The van der Waals surface area contributed by atoms with Crippen molar-refractivity contribution in [2.75, 3.05) is 43.4 Å². The van der Waals surface area contributed by atoms with E-state index < -0.39 is 0 Å². The van der Waals surface area contributed by atoms with Gasteiger partial charge in [0.25, 0.3) is 0 Å². The van der Waals surface area contributed by atoms with Gasteiger partial charge in [0, 0.05) is 44.2 Å².